The fourth-order valence-corrected chi connectivity index (χ4v) is 5.36. The lowest BCUT2D eigenvalue weighted by Crippen LogP contribution is -2.40. The predicted octanol–water partition coefficient (Wildman–Crippen LogP) is 4.66. The van der Waals surface area contributed by atoms with Gasteiger partial charge < -0.3 is 14.0 Å². The Kier molecular flexibility index (Phi) is 5.71. The SMILES string of the molecule is Cc1cccc(-c2c3c(=O)n(C)c(=O)n(C)c3c3n2C(C)(C)CO[C@H]3c2ccccc2OC(C)C)c1. The monoisotopic (exact) mass is 487 g/mol. The van der Waals surface area contributed by atoms with Gasteiger partial charge in [0.05, 0.1) is 40.5 Å². The number of para-hydroxylation sites is 1. The molecule has 0 N–H and O–H groups in total. The van der Waals surface area contributed by atoms with Gasteiger partial charge in [-0.2, -0.15) is 0 Å². The first-order chi connectivity index (χ1) is 17.0. The summed E-state index contributed by atoms with van der Waals surface area (Å²) >= 11 is 0. The summed E-state index contributed by atoms with van der Waals surface area (Å²) < 4.78 is 17.7. The zero-order valence-corrected chi connectivity index (χ0v) is 22.0. The fraction of sp³-hybridized carbons (Fsp3) is 0.379. The minimum atomic E-state index is -0.522. The average molecular weight is 488 g/mol. The van der Waals surface area contributed by atoms with Crippen molar-refractivity contribution in [3.63, 3.8) is 0 Å². The van der Waals surface area contributed by atoms with Crippen molar-refractivity contribution in [1.29, 1.82) is 0 Å². The molecule has 1 atom stereocenters. The predicted molar refractivity (Wildman–Crippen MR) is 142 cm³/mol. The van der Waals surface area contributed by atoms with E-state index in [-0.39, 0.29) is 17.4 Å². The highest BCUT2D eigenvalue weighted by molar-refractivity contribution is 5.97. The molecule has 2 aromatic carbocycles. The molecular weight excluding hydrogens is 454 g/mol. The summed E-state index contributed by atoms with van der Waals surface area (Å²) in [7, 11) is 3.26. The highest BCUT2D eigenvalue weighted by Crippen LogP contribution is 2.47. The van der Waals surface area contributed by atoms with E-state index in [1.165, 1.54) is 11.6 Å². The summed E-state index contributed by atoms with van der Waals surface area (Å²) in [6, 6.07) is 16.0. The Morgan fingerprint density at radius 3 is 2.44 bits per heavy atom. The number of fused-ring (bicyclic) bond motifs is 3. The third-order valence-corrected chi connectivity index (χ3v) is 6.92. The molecular formula is C29H33N3O4. The van der Waals surface area contributed by atoms with Gasteiger partial charge >= 0.3 is 5.69 Å². The zero-order chi connectivity index (χ0) is 25.9. The second kappa shape index (κ2) is 8.52. The first-order valence-corrected chi connectivity index (χ1v) is 12.3. The molecule has 188 valence electrons. The van der Waals surface area contributed by atoms with Gasteiger partial charge in [-0.05, 0) is 52.3 Å². The molecule has 7 heteroatoms. The van der Waals surface area contributed by atoms with Gasteiger partial charge in [0.1, 0.15) is 11.9 Å². The molecule has 0 unspecified atom stereocenters. The van der Waals surface area contributed by atoms with Crippen molar-refractivity contribution in [2.75, 3.05) is 6.61 Å². The lowest BCUT2D eigenvalue weighted by atomic mass is 9.97. The second-order valence-corrected chi connectivity index (χ2v) is 10.6. The molecule has 1 aliphatic heterocycles. The molecule has 36 heavy (non-hydrogen) atoms. The highest BCUT2D eigenvalue weighted by Gasteiger charge is 2.41. The van der Waals surface area contributed by atoms with Crippen molar-refractivity contribution in [2.45, 2.75) is 52.4 Å². The Morgan fingerprint density at radius 1 is 1.03 bits per heavy atom. The van der Waals surface area contributed by atoms with E-state index >= 15 is 0 Å². The molecule has 0 spiro atoms. The number of nitrogens with zero attached hydrogens (tertiary/aromatic N) is 3. The Bertz CT molecular complexity index is 1600. The maximum Gasteiger partial charge on any atom is 0.331 e. The first-order valence-electron chi connectivity index (χ1n) is 12.3. The molecule has 0 saturated carbocycles. The second-order valence-electron chi connectivity index (χ2n) is 10.6. The van der Waals surface area contributed by atoms with Crippen LogP contribution >= 0.6 is 0 Å². The molecule has 7 nitrogen and oxygen atoms in total. The van der Waals surface area contributed by atoms with Crippen LogP contribution in [0.15, 0.2) is 58.1 Å². The van der Waals surface area contributed by atoms with E-state index in [0.717, 1.165) is 33.8 Å². The third kappa shape index (κ3) is 3.61. The number of hydrogen-bond donors (Lipinski definition) is 0. The van der Waals surface area contributed by atoms with Gasteiger partial charge in [-0.1, -0.05) is 42.0 Å². The van der Waals surface area contributed by atoms with E-state index in [9.17, 15) is 9.59 Å². The normalized spacial score (nSPS) is 16.9. The number of benzene rings is 2. The Hall–Kier alpha value is -3.58. The van der Waals surface area contributed by atoms with Gasteiger partial charge in [0.25, 0.3) is 5.56 Å². The van der Waals surface area contributed by atoms with Crippen LogP contribution in [0.2, 0.25) is 0 Å². The molecule has 0 aliphatic carbocycles. The first kappa shape index (κ1) is 24.1. The van der Waals surface area contributed by atoms with Crippen LogP contribution in [0.4, 0.5) is 0 Å². The number of aromatic nitrogens is 3. The summed E-state index contributed by atoms with van der Waals surface area (Å²) in [5.41, 5.74) is 3.92. The lowest BCUT2D eigenvalue weighted by Gasteiger charge is -2.39. The average Bonchev–Trinajstić information content (AvgIpc) is 3.20. The van der Waals surface area contributed by atoms with Gasteiger partial charge in [-0.25, -0.2) is 4.79 Å². The van der Waals surface area contributed by atoms with Crippen LogP contribution in [0.1, 0.15) is 50.6 Å². The van der Waals surface area contributed by atoms with Crippen LogP contribution in [0, 0.1) is 6.92 Å². The fourth-order valence-electron chi connectivity index (χ4n) is 5.36. The van der Waals surface area contributed by atoms with Gasteiger partial charge in [0.2, 0.25) is 0 Å². The van der Waals surface area contributed by atoms with Crippen molar-refractivity contribution in [3.8, 4) is 17.0 Å². The van der Waals surface area contributed by atoms with E-state index in [2.05, 4.69) is 24.5 Å². The Labute approximate surface area is 210 Å². The minimum Gasteiger partial charge on any atom is -0.491 e. The van der Waals surface area contributed by atoms with E-state index in [4.69, 9.17) is 9.47 Å². The van der Waals surface area contributed by atoms with Crippen LogP contribution in [-0.2, 0) is 24.4 Å². The molecule has 5 rings (SSSR count). The Morgan fingerprint density at radius 2 is 1.75 bits per heavy atom. The largest absolute Gasteiger partial charge is 0.491 e. The molecule has 3 heterocycles. The zero-order valence-electron chi connectivity index (χ0n) is 22.0. The van der Waals surface area contributed by atoms with Gasteiger partial charge in [-0.3, -0.25) is 13.9 Å². The number of ether oxygens (including phenoxy) is 2. The molecule has 4 aromatic rings. The maximum absolute atomic E-state index is 13.7. The lowest BCUT2D eigenvalue weighted by molar-refractivity contribution is -0.00852. The summed E-state index contributed by atoms with van der Waals surface area (Å²) in [4.78, 5) is 26.9. The van der Waals surface area contributed by atoms with Crippen LogP contribution < -0.4 is 16.0 Å². The Balaban J connectivity index is 1.98. The number of hydrogen-bond acceptors (Lipinski definition) is 4. The number of aryl methyl sites for hydroxylation is 2. The van der Waals surface area contributed by atoms with Crippen LogP contribution in [0.25, 0.3) is 22.2 Å². The van der Waals surface area contributed by atoms with E-state index in [1.807, 2.05) is 63.2 Å². The molecule has 1 aliphatic rings. The summed E-state index contributed by atoms with van der Waals surface area (Å²) in [5, 5.41) is 0.519. The third-order valence-electron chi connectivity index (χ3n) is 6.92. The topological polar surface area (TPSA) is 67.4 Å². The molecule has 0 radical (unpaired) electrons. The van der Waals surface area contributed by atoms with Crippen molar-refractivity contribution in [1.82, 2.24) is 13.7 Å². The smallest absolute Gasteiger partial charge is 0.331 e. The number of rotatable bonds is 4. The van der Waals surface area contributed by atoms with Crippen LogP contribution in [0.5, 0.6) is 5.75 Å². The molecule has 2 aromatic heterocycles. The molecule has 0 bridgehead atoms. The summed E-state index contributed by atoms with van der Waals surface area (Å²) in [5.74, 6) is 0.726. The van der Waals surface area contributed by atoms with Crippen LogP contribution in [-0.4, -0.2) is 26.4 Å². The van der Waals surface area contributed by atoms with Crippen LogP contribution in [0.3, 0.4) is 0 Å². The molecule has 0 saturated heterocycles. The standard InChI is InChI=1S/C29H33N3O4/c1-17(2)36-21-14-9-8-13-20(21)26-25-24-22(27(33)31(7)28(34)30(24)6)23(19-12-10-11-18(3)15-19)32(25)29(4,5)16-35-26/h8-15,17,26H,16H2,1-7H3/t26-/m0/s1. The molecule has 0 fully saturated rings. The quantitative estimate of drug-likeness (QED) is 0.420. The summed E-state index contributed by atoms with van der Waals surface area (Å²) in [6.07, 6.45) is -0.541. The molecule has 0 amide bonds. The van der Waals surface area contributed by atoms with Crippen molar-refractivity contribution >= 4 is 10.9 Å². The van der Waals surface area contributed by atoms with Gasteiger partial charge in [0.15, 0.2) is 0 Å². The van der Waals surface area contributed by atoms with Crippen molar-refractivity contribution < 1.29 is 9.47 Å². The minimum absolute atomic E-state index is 0.0192. The van der Waals surface area contributed by atoms with Gasteiger partial charge in [0, 0.05) is 19.7 Å². The van der Waals surface area contributed by atoms with E-state index < -0.39 is 11.6 Å². The van der Waals surface area contributed by atoms with Gasteiger partial charge in [-0.15, -0.1) is 0 Å². The summed E-state index contributed by atoms with van der Waals surface area (Å²) in [6.45, 7) is 10.6. The highest BCUT2D eigenvalue weighted by atomic mass is 16.5. The van der Waals surface area contributed by atoms with Crippen molar-refractivity contribution in [2.24, 2.45) is 14.1 Å². The van der Waals surface area contributed by atoms with E-state index in [0.29, 0.717) is 17.5 Å². The maximum atomic E-state index is 13.7. The van der Waals surface area contributed by atoms with Crippen molar-refractivity contribution in [3.05, 3.63) is 86.2 Å². The van der Waals surface area contributed by atoms with E-state index in [1.54, 1.807) is 11.6 Å².